The summed E-state index contributed by atoms with van der Waals surface area (Å²) in [5.74, 6) is 1.16. The molecule has 4 aromatic rings. The number of allylic oxidation sites excluding steroid dienone is 1. The number of ether oxygens (including phenoxy) is 1. The van der Waals surface area contributed by atoms with E-state index < -0.39 is 0 Å². The number of halogens is 1. The van der Waals surface area contributed by atoms with Gasteiger partial charge in [-0.15, -0.1) is 5.10 Å². The Balaban J connectivity index is 1.61. The van der Waals surface area contributed by atoms with Gasteiger partial charge in [-0.25, -0.2) is 0 Å². The quantitative estimate of drug-likeness (QED) is 0.324. The van der Waals surface area contributed by atoms with Gasteiger partial charge in [0.2, 0.25) is 5.95 Å². The Kier molecular flexibility index (Phi) is 7.48. The first kappa shape index (κ1) is 24.0. The molecule has 0 aliphatic rings. The van der Waals surface area contributed by atoms with E-state index in [0.717, 1.165) is 28.1 Å². The summed E-state index contributed by atoms with van der Waals surface area (Å²) in [4.78, 5) is 19.7. The third-order valence-corrected chi connectivity index (χ3v) is 5.72. The number of nitrogens with zero attached hydrogens (tertiary/aromatic N) is 4. The molecule has 0 spiro atoms. The number of aromatic nitrogens is 3. The molecule has 0 bridgehead atoms. The first-order valence-corrected chi connectivity index (χ1v) is 11.4. The number of benzene rings is 3. The molecule has 0 aliphatic heterocycles. The Hall–Kier alpha value is -4.10. The van der Waals surface area contributed by atoms with Crippen molar-refractivity contribution in [2.75, 3.05) is 31.4 Å². The van der Waals surface area contributed by atoms with Crippen LogP contribution in [0.5, 0.6) is 5.75 Å². The minimum absolute atomic E-state index is 0.345. The first-order chi connectivity index (χ1) is 16.9. The predicted octanol–water partition coefficient (Wildman–Crippen LogP) is 5.64. The van der Waals surface area contributed by atoms with Crippen molar-refractivity contribution in [3.63, 3.8) is 0 Å². The van der Waals surface area contributed by atoms with Gasteiger partial charge in [-0.1, -0.05) is 41.9 Å². The highest BCUT2D eigenvalue weighted by molar-refractivity contribution is 6.32. The van der Waals surface area contributed by atoms with Crippen molar-refractivity contribution in [1.29, 1.82) is 0 Å². The molecule has 3 aromatic carbocycles. The summed E-state index contributed by atoms with van der Waals surface area (Å²) in [7, 11) is 5.61. The maximum Gasteiger partial charge on any atom is 0.274 e. The fourth-order valence-electron chi connectivity index (χ4n) is 3.38. The Morgan fingerprint density at radius 3 is 2.43 bits per heavy atom. The number of rotatable bonds is 8. The summed E-state index contributed by atoms with van der Waals surface area (Å²) in [6.45, 7) is 0.482. The topological polar surface area (TPSA) is 72.3 Å². The Labute approximate surface area is 209 Å². The van der Waals surface area contributed by atoms with Gasteiger partial charge >= 0.3 is 0 Å². The zero-order chi connectivity index (χ0) is 24.8. The molecule has 1 N–H and O–H groups in total. The van der Waals surface area contributed by atoms with Crippen LogP contribution in [0.15, 0.2) is 78.9 Å². The van der Waals surface area contributed by atoms with Crippen LogP contribution >= 0.6 is 11.6 Å². The maximum absolute atomic E-state index is 13.1. The van der Waals surface area contributed by atoms with Crippen LogP contribution in [0.1, 0.15) is 15.9 Å². The molecule has 0 aliphatic carbocycles. The van der Waals surface area contributed by atoms with Crippen LogP contribution in [0.4, 0.5) is 11.6 Å². The number of carbonyl (C=O) groups excluding carboxylic acids is 1. The van der Waals surface area contributed by atoms with E-state index in [4.69, 9.17) is 16.3 Å². The normalized spacial score (nSPS) is 11.0. The highest BCUT2D eigenvalue weighted by atomic mass is 35.5. The molecule has 7 nitrogen and oxygen atoms in total. The Morgan fingerprint density at radius 2 is 1.77 bits per heavy atom. The molecule has 0 fully saturated rings. The predicted molar refractivity (Wildman–Crippen MR) is 141 cm³/mol. The standard InChI is InChI=1S/C27H26ClN5O2/c1-32(2)22-13-8-19(9-14-22)18-29-27-30-26(21-10-15-23(35-3)16-11-21)31-33(27)25(34)17-12-20-6-4-5-7-24(20)28/h4-17H,18H2,1-3H3,(H,29,30,31). The van der Waals surface area contributed by atoms with E-state index in [1.54, 1.807) is 19.3 Å². The molecule has 178 valence electrons. The van der Waals surface area contributed by atoms with Crippen LogP contribution in [0.25, 0.3) is 17.5 Å². The second-order valence-corrected chi connectivity index (χ2v) is 8.41. The molecule has 8 heteroatoms. The van der Waals surface area contributed by atoms with E-state index >= 15 is 0 Å². The summed E-state index contributed by atoms with van der Waals surface area (Å²) in [5, 5.41) is 8.30. The van der Waals surface area contributed by atoms with Crippen LogP contribution < -0.4 is 15.0 Å². The number of methoxy groups -OCH3 is 1. The van der Waals surface area contributed by atoms with Crippen LogP contribution in [-0.2, 0) is 6.54 Å². The van der Waals surface area contributed by atoms with Crippen LogP contribution in [0.3, 0.4) is 0 Å². The number of carbonyl (C=O) groups is 1. The molecule has 0 saturated carbocycles. The van der Waals surface area contributed by atoms with Crippen molar-refractivity contribution in [3.8, 4) is 17.1 Å². The van der Waals surface area contributed by atoms with Crippen LogP contribution in [0.2, 0.25) is 5.02 Å². The van der Waals surface area contributed by atoms with Crippen molar-refractivity contribution in [2.45, 2.75) is 6.54 Å². The van der Waals surface area contributed by atoms with Crippen molar-refractivity contribution in [2.24, 2.45) is 0 Å². The zero-order valence-corrected chi connectivity index (χ0v) is 20.5. The van der Waals surface area contributed by atoms with E-state index in [-0.39, 0.29) is 5.91 Å². The molecule has 0 radical (unpaired) electrons. The summed E-state index contributed by atoms with van der Waals surface area (Å²) >= 11 is 6.22. The Bertz CT molecular complexity index is 1330. The minimum atomic E-state index is -0.345. The van der Waals surface area contributed by atoms with Gasteiger partial charge < -0.3 is 15.0 Å². The molecule has 35 heavy (non-hydrogen) atoms. The summed E-state index contributed by atoms with van der Waals surface area (Å²) < 4.78 is 6.50. The molecule has 0 atom stereocenters. The van der Waals surface area contributed by atoms with E-state index in [0.29, 0.717) is 23.3 Å². The van der Waals surface area contributed by atoms with Crippen molar-refractivity contribution in [3.05, 3.63) is 95.0 Å². The lowest BCUT2D eigenvalue weighted by molar-refractivity contribution is 0.0957. The van der Waals surface area contributed by atoms with E-state index in [9.17, 15) is 4.79 Å². The number of anilines is 2. The van der Waals surface area contributed by atoms with Gasteiger partial charge in [0, 0.05) is 43.0 Å². The average molecular weight is 488 g/mol. The second-order valence-electron chi connectivity index (χ2n) is 8.01. The van der Waals surface area contributed by atoms with Gasteiger partial charge in [-0.3, -0.25) is 4.79 Å². The average Bonchev–Trinajstić information content (AvgIpc) is 3.31. The van der Waals surface area contributed by atoms with Crippen molar-refractivity contribution in [1.82, 2.24) is 14.8 Å². The highest BCUT2D eigenvalue weighted by Crippen LogP contribution is 2.22. The van der Waals surface area contributed by atoms with Gasteiger partial charge in [-0.2, -0.15) is 9.67 Å². The molecule has 1 heterocycles. The fraction of sp³-hybridized carbons (Fsp3) is 0.148. The lowest BCUT2D eigenvalue weighted by atomic mass is 10.2. The molecule has 0 unspecified atom stereocenters. The summed E-state index contributed by atoms with van der Waals surface area (Å²) in [5.41, 5.74) is 3.67. The summed E-state index contributed by atoms with van der Waals surface area (Å²) in [6, 6.07) is 22.8. The highest BCUT2D eigenvalue weighted by Gasteiger charge is 2.16. The van der Waals surface area contributed by atoms with Gasteiger partial charge in [0.05, 0.1) is 7.11 Å². The number of nitrogens with one attached hydrogen (secondary N) is 1. The molecule has 4 rings (SSSR count). The molecule has 0 saturated heterocycles. The third kappa shape index (κ3) is 5.88. The monoisotopic (exact) mass is 487 g/mol. The first-order valence-electron chi connectivity index (χ1n) is 11.0. The van der Waals surface area contributed by atoms with Crippen molar-refractivity contribution >= 4 is 35.2 Å². The second kappa shape index (κ2) is 10.9. The lowest BCUT2D eigenvalue weighted by Gasteiger charge is -2.13. The van der Waals surface area contributed by atoms with Gasteiger partial charge in [0.1, 0.15) is 5.75 Å². The van der Waals surface area contributed by atoms with Gasteiger partial charge in [-0.05, 0) is 59.7 Å². The van der Waals surface area contributed by atoms with E-state index in [1.165, 1.54) is 10.8 Å². The summed E-state index contributed by atoms with van der Waals surface area (Å²) in [6.07, 6.45) is 3.11. The van der Waals surface area contributed by atoms with E-state index in [2.05, 4.69) is 15.4 Å². The molecule has 1 aromatic heterocycles. The molecular weight excluding hydrogens is 462 g/mol. The minimum Gasteiger partial charge on any atom is -0.497 e. The van der Waals surface area contributed by atoms with Crippen molar-refractivity contribution < 1.29 is 9.53 Å². The number of hydrogen-bond donors (Lipinski definition) is 1. The SMILES string of the molecule is COc1ccc(-c2nc(NCc3ccc(N(C)C)cc3)n(C(=O)C=Cc3ccccc3Cl)n2)cc1. The maximum atomic E-state index is 13.1. The van der Waals surface area contributed by atoms with Gasteiger partial charge in [0.25, 0.3) is 5.91 Å². The van der Waals surface area contributed by atoms with E-state index in [1.807, 2.05) is 85.7 Å². The van der Waals surface area contributed by atoms with Crippen LogP contribution in [-0.4, -0.2) is 41.9 Å². The molecule has 0 amide bonds. The molecular formula is C27H26ClN5O2. The zero-order valence-electron chi connectivity index (χ0n) is 19.8. The fourth-order valence-corrected chi connectivity index (χ4v) is 3.58. The van der Waals surface area contributed by atoms with Gasteiger partial charge in [0.15, 0.2) is 5.82 Å². The smallest absolute Gasteiger partial charge is 0.274 e. The lowest BCUT2D eigenvalue weighted by Crippen LogP contribution is -2.14. The van der Waals surface area contributed by atoms with Crippen LogP contribution in [0, 0.1) is 0 Å². The number of hydrogen-bond acceptors (Lipinski definition) is 6. The largest absolute Gasteiger partial charge is 0.497 e. The Morgan fingerprint density at radius 1 is 1.06 bits per heavy atom. The third-order valence-electron chi connectivity index (χ3n) is 5.38.